The van der Waals surface area contributed by atoms with Gasteiger partial charge < -0.3 is 4.74 Å². The number of hydrogen-bond acceptors (Lipinski definition) is 5. The number of fused-ring (bicyclic) bond motifs is 2. The molecule has 148 valence electrons. The van der Waals surface area contributed by atoms with Crippen molar-refractivity contribution in [1.29, 1.82) is 0 Å². The Balaban J connectivity index is 1.67. The minimum absolute atomic E-state index is 0.0674. The van der Waals surface area contributed by atoms with Crippen molar-refractivity contribution in [3.63, 3.8) is 0 Å². The number of esters is 1. The predicted molar refractivity (Wildman–Crippen MR) is 106 cm³/mol. The fraction of sp³-hybridized carbons (Fsp3) is 0.409. The van der Waals surface area contributed by atoms with Crippen LogP contribution >= 0.6 is 0 Å². The van der Waals surface area contributed by atoms with Crippen LogP contribution in [-0.2, 0) is 25.9 Å². The van der Waals surface area contributed by atoms with Gasteiger partial charge >= 0.3 is 5.97 Å². The summed E-state index contributed by atoms with van der Waals surface area (Å²) in [6.07, 6.45) is 1.65. The van der Waals surface area contributed by atoms with Crippen molar-refractivity contribution >= 4 is 15.8 Å². The molecule has 2 aliphatic rings. The number of piperidine rings is 1. The Kier molecular flexibility index (Phi) is 5.25. The first-order valence-electron chi connectivity index (χ1n) is 9.72. The first-order chi connectivity index (χ1) is 13.5. The zero-order chi connectivity index (χ0) is 19.7. The van der Waals surface area contributed by atoms with Gasteiger partial charge in [-0.05, 0) is 37.0 Å². The summed E-state index contributed by atoms with van der Waals surface area (Å²) in [7, 11) is -3.45. The van der Waals surface area contributed by atoms with Crippen molar-refractivity contribution < 1.29 is 17.9 Å². The number of ether oxygens (including phenoxy) is 1. The monoisotopic (exact) mass is 399 g/mol. The first kappa shape index (κ1) is 19.2. The Bertz CT molecular complexity index is 930. The maximum Gasteiger partial charge on any atom is 0.302 e. The Labute approximate surface area is 166 Å². The molecule has 0 aliphatic carbocycles. The molecule has 2 aliphatic heterocycles. The molecule has 5 nitrogen and oxygen atoms in total. The lowest BCUT2D eigenvalue weighted by atomic mass is 9.98. The molecule has 4 rings (SSSR count). The molecule has 0 amide bonds. The third kappa shape index (κ3) is 3.59. The third-order valence-electron chi connectivity index (χ3n) is 5.93. The van der Waals surface area contributed by atoms with Crippen LogP contribution in [0.2, 0.25) is 0 Å². The molecule has 0 radical (unpaired) electrons. The van der Waals surface area contributed by atoms with E-state index in [0.717, 1.165) is 5.56 Å². The summed E-state index contributed by atoms with van der Waals surface area (Å²) in [5.74, 6) is -0.308. The van der Waals surface area contributed by atoms with Crippen molar-refractivity contribution in [2.24, 2.45) is 0 Å². The van der Waals surface area contributed by atoms with Crippen LogP contribution in [0.25, 0.3) is 0 Å². The van der Waals surface area contributed by atoms with Gasteiger partial charge in [0.15, 0.2) is 9.84 Å². The average Bonchev–Trinajstić information content (AvgIpc) is 2.94. The SMILES string of the molecule is CC(=O)O[C@@H]1CC[C@@H]2[C@@H](S(=O)(=O)c3ccccc3)C[C@H]1N2Cc1ccccc1. The van der Waals surface area contributed by atoms with Crippen LogP contribution in [0.3, 0.4) is 0 Å². The lowest BCUT2D eigenvalue weighted by Crippen LogP contribution is -2.49. The van der Waals surface area contributed by atoms with Gasteiger partial charge in [-0.2, -0.15) is 0 Å². The normalized spacial score (nSPS) is 27.5. The van der Waals surface area contributed by atoms with E-state index in [9.17, 15) is 13.2 Å². The number of carbonyl (C=O) groups is 1. The second-order valence-electron chi connectivity index (χ2n) is 7.65. The molecule has 0 unspecified atom stereocenters. The first-order valence-corrected chi connectivity index (χ1v) is 11.3. The number of rotatable bonds is 5. The number of benzene rings is 2. The van der Waals surface area contributed by atoms with Gasteiger partial charge in [0.25, 0.3) is 0 Å². The molecule has 0 spiro atoms. The van der Waals surface area contributed by atoms with Gasteiger partial charge in [0.2, 0.25) is 0 Å². The fourth-order valence-corrected chi connectivity index (χ4v) is 6.77. The second kappa shape index (κ2) is 7.68. The van der Waals surface area contributed by atoms with Crippen molar-refractivity contribution in [2.75, 3.05) is 0 Å². The van der Waals surface area contributed by atoms with E-state index in [4.69, 9.17) is 4.74 Å². The molecule has 0 aromatic heterocycles. The van der Waals surface area contributed by atoms with Gasteiger partial charge in [0, 0.05) is 25.6 Å². The lowest BCUT2D eigenvalue weighted by molar-refractivity contribution is -0.152. The van der Waals surface area contributed by atoms with Crippen LogP contribution in [0.4, 0.5) is 0 Å². The summed E-state index contributed by atoms with van der Waals surface area (Å²) < 4.78 is 32.3. The Hall–Kier alpha value is -2.18. The third-order valence-corrected chi connectivity index (χ3v) is 8.16. The van der Waals surface area contributed by atoms with Gasteiger partial charge in [-0.15, -0.1) is 0 Å². The maximum absolute atomic E-state index is 13.4. The number of hydrogen-bond donors (Lipinski definition) is 0. The molecule has 0 saturated carbocycles. The summed E-state index contributed by atoms with van der Waals surface area (Å²) >= 11 is 0. The standard InChI is InChI=1S/C22H25NO4S/c1-16(24)27-21-13-12-19-22(28(25,26)18-10-6-3-7-11-18)14-20(21)23(19)15-17-8-4-2-5-9-17/h2-11,19-22H,12-15H2,1H3/t19-,20-,21-,22+/m1/s1. The molecule has 2 heterocycles. The van der Waals surface area contributed by atoms with E-state index in [0.29, 0.717) is 30.7 Å². The van der Waals surface area contributed by atoms with Gasteiger partial charge in [0.1, 0.15) is 6.10 Å². The van der Waals surface area contributed by atoms with Gasteiger partial charge in [-0.1, -0.05) is 48.5 Å². The van der Waals surface area contributed by atoms with Gasteiger partial charge in [0.05, 0.1) is 10.1 Å². The highest BCUT2D eigenvalue weighted by Crippen LogP contribution is 2.43. The summed E-state index contributed by atoms with van der Waals surface area (Å²) in [5, 5.41) is -0.482. The summed E-state index contributed by atoms with van der Waals surface area (Å²) in [5.41, 5.74) is 1.14. The maximum atomic E-state index is 13.4. The highest BCUT2D eigenvalue weighted by atomic mass is 32.2. The van der Waals surface area contributed by atoms with Crippen molar-refractivity contribution in [2.45, 2.75) is 61.1 Å². The highest BCUT2D eigenvalue weighted by Gasteiger charge is 2.53. The molecule has 2 fully saturated rings. The molecule has 28 heavy (non-hydrogen) atoms. The number of carbonyl (C=O) groups excluding carboxylic acids is 1. The van der Waals surface area contributed by atoms with Crippen LogP contribution in [0, 0.1) is 0 Å². The molecule has 4 atom stereocenters. The van der Waals surface area contributed by atoms with Crippen molar-refractivity contribution in [1.82, 2.24) is 4.90 Å². The van der Waals surface area contributed by atoms with Crippen molar-refractivity contribution in [3.8, 4) is 0 Å². The zero-order valence-electron chi connectivity index (χ0n) is 15.9. The highest BCUT2D eigenvalue weighted by molar-refractivity contribution is 7.92. The summed E-state index contributed by atoms with van der Waals surface area (Å²) in [6.45, 7) is 2.08. The molecule has 0 N–H and O–H groups in total. The minimum atomic E-state index is -3.45. The number of nitrogens with zero attached hydrogens (tertiary/aromatic N) is 1. The van der Waals surface area contributed by atoms with E-state index in [1.807, 2.05) is 24.3 Å². The van der Waals surface area contributed by atoms with Gasteiger partial charge in [-0.3, -0.25) is 9.69 Å². The molecule has 2 aromatic carbocycles. The Morgan fingerprint density at radius 3 is 2.29 bits per heavy atom. The molecular formula is C22H25NO4S. The van der Waals surface area contributed by atoms with E-state index in [2.05, 4.69) is 17.0 Å². The largest absolute Gasteiger partial charge is 0.461 e. The zero-order valence-corrected chi connectivity index (χ0v) is 16.7. The van der Waals surface area contributed by atoms with Crippen LogP contribution in [0.15, 0.2) is 65.6 Å². The smallest absolute Gasteiger partial charge is 0.302 e. The summed E-state index contributed by atoms with van der Waals surface area (Å²) in [6, 6.07) is 18.6. The quantitative estimate of drug-likeness (QED) is 0.723. The van der Waals surface area contributed by atoms with Crippen molar-refractivity contribution in [3.05, 3.63) is 66.2 Å². The number of sulfone groups is 1. The minimum Gasteiger partial charge on any atom is -0.461 e. The predicted octanol–water partition coefficient (Wildman–Crippen LogP) is 3.20. The molecular weight excluding hydrogens is 374 g/mol. The average molecular weight is 400 g/mol. The lowest BCUT2D eigenvalue weighted by Gasteiger charge is -2.39. The van der Waals surface area contributed by atoms with E-state index in [1.165, 1.54) is 6.92 Å². The van der Waals surface area contributed by atoms with Crippen LogP contribution in [-0.4, -0.2) is 42.7 Å². The van der Waals surface area contributed by atoms with E-state index >= 15 is 0 Å². The van der Waals surface area contributed by atoms with Gasteiger partial charge in [-0.25, -0.2) is 8.42 Å². The fourth-order valence-electron chi connectivity index (χ4n) is 4.73. The van der Waals surface area contributed by atoms with E-state index in [-0.39, 0.29) is 24.2 Å². The molecule has 2 aromatic rings. The molecule has 2 saturated heterocycles. The van der Waals surface area contributed by atoms with E-state index < -0.39 is 15.1 Å². The van der Waals surface area contributed by atoms with Crippen LogP contribution < -0.4 is 0 Å². The molecule has 6 heteroatoms. The Morgan fingerprint density at radius 1 is 1.00 bits per heavy atom. The Morgan fingerprint density at radius 2 is 1.64 bits per heavy atom. The van der Waals surface area contributed by atoms with E-state index in [1.54, 1.807) is 24.3 Å². The molecule has 2 bridgehead atoms. The summed E-state index contributed by atoms with van der Waals surface area (Å²) in [4.78, 5) is 14.2. The van der Waals surface area contributed by atoms with Crippen LogP contribution in [0.5, 0.6) is 0 Å². The van der Waals surface area contributed by atoms with Crippen LogP contribution in [0.1, 0.15) is 31.7 Å². The second-order valence-corrected chi connectivity index (χ2v) is 9.82. The topological polar surface area (TPSA) is 63.7 Å².